The summed E-state index contributed by atoms with van der Waals surface area (Å²) in [5.74, 6) is 0.587. The molecule has 3 aromatic rings. The van der Waals surface area contributed by atoms with Crippen LogP contribution in [0.1, 0.15) is 27.3 Å². The van der Waals surface area contributed by atoms with Crippen molar-refractivity contribution in [3.8, 4) is 5.75 Å². The van der Waals surface area contributed by atoms with Gasteiger partial charge in [-0.05, 0) is 44.2 Å². The first-order valence-electron chi connectivity index (χ1n) is 8.54. The molecule has 0 fully saturated rings. The minimum absolute atomic E-state index is 0.0262. The van der Waals surface area contributed by atoms with Gasteiger partial charge in [0.2, 0.25) is 0 Å². The molecule has 0 aliphatic rings. The maximum Gasteiger partial charge on any atom is 0.193 e. The largest absolute Gasteiger partial charge is 0.491 e. The van der Waals surface area contributed by atoms with E-state index in [1.54, 1.807) is 41.1 Å². The molecule has 0 spiro atoms. The fourth-order valence-corrected chi connectivity index (χ4v) is 2.76. The molecule has 2 aromatic carbocycles. The number of hydrogen-bond acceptors (Lipinski definition) is 4. The standard InChI is InChI=1S/C21H22N2O3/c1-15-12-16(2)23(22-15)13-19(24)14-26-20-10-8-18(9-11-20)21(25)17-6-4-3-5-7-17/h3-12,19,24H,13-14H2,1-2H3. The third kappa shape index (κ3) is 4.37. The monoisotopic (exact) mass is 350 g/mol. The maximum atomic E-state index is 12.4. The van der Waals surface area contributed by atoms with E-state index in [1.807, 2.05) is 38.1 Å². The lowest BCUT2D eigenvalue weighted by atomic mass is 10.0. The molecule has 0 aliphatic heterocycles. The molecule has 1 heterocycles. The summed E-state index contributed by atoms with van der Waals surface area (Å²) in [5, 5.41) is 14.5. The van der Waals surface area contributed by atoms with Crippen LogP contribution < -0.4 is 4.74 Å². The van der Waals surface area contributed by atoms with Crippen LogP contribution in [0.25, 0.3) is 0 Å². The first-order chi connectivity index (χ1) is 12.5. The van der Waals surface area contributed by atoms with Crippen LogP contribution in [-0.2, 0) is 6.54 Å². The number of carbonyl (C=O) groups excluding carboxylic acids is 1. The minimum atomic E-state index is -0.668. The summed E-state index contributed by atoms with van der Waals surface area (Å²) >= 11 is 0. The van der Waals surface area contributed by atoms with Gasteiger partial charge < -0.3 is 9.84 Å². The number of ketones is 1. The van der Waals surface area contributed by atoms with Crippen molar-refractivity contribution >= 4 is 5.78 Å². The molecule has 0 aliphatic carbocycles. The average Bonchev–Trinajstić information content (AvgIpc) is 2.97. The van der Waals surface area contributed by atoms with Gasteiger partial charge in [-0.15, -0.1) is 0 Å². The van der Waals surface area contributed by atoms with E-state index in [1.165, 1.54) is 0 Å². The Morgan fingerprint density at radius 3 is 2.35 bits per heavy atom. The highest BCUT2D eigenvalue weighted by molar-refractivity contribution is 6.08. The third-order valence-corrected chi connectivity index (χ3v) is 4.08. The maximum absolute atomic E-state index is 12.4. The quantitative estimate of drug-likeness (QED) is 0.665. The van der Waals surface area contributed by atoms with Gasteiger partial charge in [0.15, 0.2) is 5.78 Å². The van der Waals surface area contributed by atoms with E-state index in [0.29, 0.717) is 23.4 Å². The molecule has 1 N–H and O–H groups in total. The Bertz CT molecular complexity index is 870. The molecule has 3 rings (SSSR count). The number of aromatic nitrogens is 2. The Balaban J connectivity index is 1.56. The van der Waals surface area contributed by atoms with Gasteiger partial charge in [0, 0.05) is 16.8 Å². The zero-order valence-corrected chi connectivity index (χ0v) is 14.9. The molecule has 5 nitrogen and oxygen atoms in total. The van der Waals surface area contributed by atoms with Gasteiger partial charge in [-0.25, -0.2) is 0 Å². The zero-order chi connectivity index (χ0) is 18.5. The van der Waals surface area contributed by atoms with Crippen molar-refractivity contribution in [1.29, 1.82) is 0 Å². The van der Waals surface area contributed by atoms with Crippen molar-refractivity contribution in [1.82, 2.24) is 9.78 Å². The summed E-state index contributed by atoms with van der Waals surface area (Å²) in [6.45, 7) is 4.41. The summed E-state index contributed by atoms with van der Waals surface area (Å²) in [6, 6.07) is 18.1. The summed E-state index contributed by atoms with van der Waals surface area (Å²) in [5.41, 5.74) is 3.19. The lowest BCUT2D eigenvalue weighted by Crippen LogP contribution is -2.24. The van der Waals surface area contributed by atoms with Gasteiger partial charge >= 0.3 is 0 Å². The van der Waals surface area contributed by atoms with E-state index >= 15 is 0 Å². The molecule has 0 bridgehead atoms. The Morgan fingerprint density at radius 2 is 1.73 bits per heavy atom. The molecular weight excluding hydrogens is 328 g/mol. The van der Waals surface area contributed by atoms with E-state index in [0.717, 1.165) is 11.4 Å². The first kappa shape index (κ1) is 17.9. The van der Waals surface area contributed by atoms with Crippen LogP contribution in [0.15, 0.2) is 60.7 Å². The Labute approximate surface area is 152 Å². The molecule has 0 saturated heterocycles. The topological polar surface area (TPSA) is 64.3 Å². The molecule has 26 heavy (non-hydrogen) atoms. The van der Waals surface area contributed by atoms with Crippen LogP contribution in [0.4, 0.5) is 0 Å². The molecule has 1 atom stereocenters. The van der Waals surface area contributed by atoms with E-state index in [4.69, 9.17) is 4.74 Å². The second kappa shape index (κ2) is 7.97. The molecule has 134 valence electrons. The SMILES string of the molecule is Cc1cc(C)n(CC(O)COc2ccc(C(=O)c3ccccc3)cc2)n1. The number of aliphatic hydroxyl groups excluding tert-OH is 1. The molecular formula is C21H22N2O3. The van der Waals surface area contributed by atoms with Crippen LogP contribution in [0.5, 0.6) is 5.75 Å². The van der Waals surface area contributed by atoms with Crippen molar-refractivity contribution in [2.45, 2.75) is 26.5 Å². The van der Waals surface area contributed by atoms with Crippen molar-refractivity contribution in [2.24, 2.45) is 0 Å². The highest BCUT2D eigenvalue weighted by Gasteiger charge is 2.11. The van der Waals surface area contributed by atoms with Gasteiger partial charge in [0.1, 0.15) is 18.5 Å². The molecule has 1 aromatic heterocycles. The van der Waals surface area contributed by atoms with Crippen LogP contribution in [0.2, 0.25) is 0 Å². The van der Waals surface area contributed by atoms with Gasteiger partial charge in [-0.2, -0.15) is 5.10 Å². The number of carbonyl (C=O) groups is 1. The van der Waals surface area contributed by atoms with Crippen LogP contribution in [0, 0.1) is 13.8 Å². The Kier molecular flexibility index (Phi) is 5.49. The normalized spacial score (nSPS) is 12.0. The number of hydrogen-bond donors (Lipinski definition) is 1. The lowest BCUT2D eigenvalue weighted by molar-refractivity contribution is 0.0886. The number of benzene rings is 2. The lowest BCUT2D eigenvalue weighted by Gasteiger charge is -2.13. The second-order valence-electron chi connectivity index (χ2n) is 6.29. The van der Waals surface area contributed by atoms with E-state index in [-0.39, 0.29) is 12.4 Å². The summed E-state index contributed by atoms with van der Waals surface area (Å²) in [4.78, 5) is 12.4. The van der Waals surface area contributed by atoms with Gasteiger partial charge in [0.25, 0.3) is 0 Å². The van der Waals surface area contributed by atoms with Crippen LogP contribution >= 0.6 is 0 Å². The molecule has 0 radical (unpaired) electrons. The van der Waals surface area contributed by atoms with Crippen molar-refractivity contribution in [2.75, 3.05) is 6.61 Å². The van der Waals surface area contributed by atoms with Gasteiger partial charge in [-0.3, -0.25) is 9.48 Å². The fraction of sp³-hybridized carbons (Fsp3) is 0.238. The van der Waals surface area contributed by atoms with Gasteiger partial charge in [-0.1, -0.05) is 30.3 Å². The molecule has 1 unspecified atom stereocenters. The zero-order valence-electron chi connectivity index (χ0n) is 14.9. The molecule has 0 saturated carbocycles. The number of rotatable bonds is 7. The molecule has 0 amide bonds. The van der Waals surface area contributed by atoms with Crippen molar-refractivity contribution in [3.63, 3.8) is 0 Å². The van der Waals surface area contributed by atoms with E-state index in [9.17, 15) is 9.90 Å². The fourth-order valence-electron chi connectivity index (χ4n) is 2.76. The first-order valence-corrected chi connectivity index (χ1v) is 8.54. The highest BCUT2D eigenvalue weighted by Crippen LogP contribution is 2.16. The van der Waals surface area contributed by atoms with E-state index < -0.39 is 6.10 Å². The number of ether oxygens (including phenoxy) is 1. The predicted octanol–water partition coefficient (Wildman–Crippen LogP) is 3.17. The Morgan fingerprint density at radius 1 is 1.08 bits per heavy atom. The van der Waals surface area contributed by atoms with Crippen molar-refractivity contribution in [3.05, 3.63) is 83.2 Å². The summed E-state index contributed by atoms with van der Waals surface area (Å²) in [6.07, 6.45) is -0.668. The predicted molar refractivity (Wildman–Crippen MR) is 99.5 cm³/mol. The average molecular weight is 350 g/mol. The number of aryl methyl sites for hydroxylation is 2. The number of aliphatic hydroxyl groups is 1. The van der Waals surface area contributed by atoms with Crippen molar-refractivity contribution < 1.29 is 14.6 Å². The molecule has 5 heteroatoms. The second-order valence-corrected chi connectivity index (χ2v) is 6.29. The summed E-state index contributed by atoms with van der Waals surface area (Å²) < 4.78 is 7.39. The third-order valence-electron chi connectivity index (χ3n) is 4.08. The van der Waals surface area contributed by atoms with Crippen LogP contribution in [0.3, 0.4) is 0 Å². The highest BCUT2D eigenvalue weighted by atomic mass is 16.5. The Hall–Kier alpha value is -2.92. The van der Waals surface area contributed by atoms with Gasteiger partial charge in [0.05, 0.1) is 12.2 Å². The smallest absolute Gasteiger partial charge is 0.193 e. The summed E-state index contributed by atoms with van der Waals surface area (Å²) in [7, 11) is 0. The minimum Gasteiger partial charge on any atom is -0.491 e. The van der Waals surface area contributed by atoms with E-state index in [2.05, 4.69) is 5.10 Å². The van der Waals surface area contributed by atoms with Crippen LogP contribution in [-0.4, -0.2) is 33.4 Å². The number of nitrogens with zero attached hydrogens (tertiary/aromatic N) is 2.